The van der Waals surface area contributed by atoms with Crippen LogP contribution in [0.3, 0.4) is 0 Å². The molecule has 31 heavy (non-hydrogen) atoms. The number of hydrogen-bond acceptors (Lipinski definition) is 5. The smallest absolute Gasteiger partial charge is 0.227 e. The number of sulfonamides is 1. The molecule has 0 aromatic heterocycles. The number of nitrogens with one attached hydrogen (secondary N) is 2. The van der Waals surface area contributed by atoms with Crippen molar-refractivity contribution in [2.24, 2.45) is 5.92 Å². The van der Waals surface area contributed by atoms with Gasteiger partial charge in [0, 0.05) is 36.4 Å². The minimum atomic E-state index is -3.28. The van der Waals surface area contributed by atoms with E-state index in [1.54, 1.807) is 6.92 Å². The highest BCUT2D eigenvalue weighted by atomic mass is 32.2. The highest BCUT2D eigenvalue weighted by molar-refractivity contribution is 7.90. The number of benzene rings is 1. The normalized spacial score (nSPS) is 28.2. The molecule has 8 heteroatoms. The van der Waals surface area contributed by atoms with E-state index in [9.17, 15) is 13.2 Å². The summed E-state index contributed by atoms with van der Waals surface area (Å²) in [5.74, 6) is -0.0606. The Hall–Kier alpha value is -1.64. The summed E-state index contributed by atoms with van der Waals surface area (Å²) in [7, 11) is -3.28. The van der Waals surface area contributed by atoms with Crippen LogP contribution in [0.25, 0.3) is 0 Å². The quantitative estimate of drug-likeness (QED) is 0.662. The third-order valence-electron chi connectivity index (χ3n) is 6.45. The van der Waals surface area contributed by atoms with Crippen LogP contribution in [0.15, 0.2) is 24.3 Å². The summed E-state index contributed by atoms with van der Waals surface area (Å²) < 4.78 is 33.1. The highest BCUT2D eigenvalue weighted by Gasteiger charge is 2.30. The number of carbonyl (C=O) groups excluding carboxylic acids is 1. The first kappa shape index (κ1) is 24.0. The van der Waals surface area contributed by atoms with E-state index < -0.39 is 10.0 Å². The SMILES string of the molecule is CCC(C)S(=O)(=O)N[C@H]1CC[C@H](C(=O)Nc2ccc(N3C[C@@H](C)O[C@@H](C)C3)cc2)CC1. The van der Waals surface area contributed by atoms with Crippen LogP contribution in [-0.4, -0.2) is 50.9 Å². The van der Waals surface area contributed by atoms with Gasteiger partial charge in [-0.1, -0.05) is 6.92 Å². The first-order chi connectivity index (χ1) is 14.7. The van der Waals surface area contributed by atoms with Crippen molar-refractivity contribution in [1.29, 1.82) is 0 Å². The lowest BCUT2D eigenvalue weighted by Crippen LogP contribution is -2.45. The summed E-state index contributed by atoms with van der Waals surface area (Å²) in [6.45, 7) is 9.50. The minimum absolute atomic E-state index is 0.0181. The van der Waals surface area contributed by atoms with Crippen LogP contribution >= 0.6 is 0 Å². The molecular weight excluding hydrogens is 414 g/mol. The van der Waals surface area contributed by atoms with Crippen LogP contribution in [0, 0.1) is 5.92 Å². The van der Waals surface area contributed by atoms with Crippen molar-refractivity contribution in [1.82, 2.24) is 4.72 Å². The molecule has 7 nitrogen and oxygen atoms in total. The second-order valence-electron chi connectivity index (χ2n) is 9.13. The van der Waals surface area contributed by atoms with Gasteiger partial charge in [0.2, 0.25) is 15.9 Å². The van der Waals surface area contributed by atoms with E-state index in [0.29, 0.717) is 32.1 Å². The second kappa shape index (κ2) is 10.3. The Bertz CT molecular complexity index is 825. The molecular formula is C23H37N3O4S. The van der Waals surface area contributed by atoms with Crippen molar-refractivity contribution < 1.29 is 17.9 Å². The molecule has 0 radical (unpaired) electrons. The van der Waals surface area contributed by atoms with E-state index in [1.807, 2.05) is 31.2 Å². The molecule has 2 N–H and O–H groups in total. The standard InChI is InChI=1S/C23H37N3O4S/c1-5-18(4)31(28,29)25-21-8-6-19(7-9-21)23(27)24-20-10-12-22(13-11-20)26-14-16(2)30-17(3)15-26/h10-13,16-19,21,25H,5-9,14-15H2,1-4H3,(H,24,27)/t16-,17+,18?,19-,21-. The highest BCUT2D eigenvalue weighted by Crippen LogP contribution is 2.27. The van der Waals surface area contributed by atoms with Gasteiger partial charge >= 0.3 is 0 Å². The van der Waals surface area contributed by atoms with Gasteiger partial charge in [0.25, 0.3) is 0 Å². The minimum Gasteiger partial charge on any atom is -0.372 e. The number of rotatable bonds is 7. The third kappa shape index (κ3) is 6.43. The first-order valence-corrected chi connectivity index (χ1v) is 13.0. The molecule has 174 valence electrons. The summed E-state index contributed by atoms with van der Waals surface area (Å²) in [6.07, 6.45) is 3.78. The summed E-state index contributed by atoms with van der Waals surface area (Å²) in [4.78, 5) is 15.0. The van der Waals surface area contributed by atoms with Crippen molar-refractivity contribution in [2.75, 3.05) is 23.3 Å². The number of carbonyl (C=O) groups is 1. The van der Waals surface area contributed by atoms with Gasteiger partial charge in [0.1, 0.15) is 0 Å². The predicted octanol–water partition coefficient (Wildman–Crippen LogP) is 3.52. The summed E-state index contributed by atoms with van der Waals surface area (Å²) in [5, 5.41) is 2.64. The lowest BCUT2D eigenvalue weighted by Gasteiger charge is -2.36. The van der Waals surface area contributed by atoms with Crippen molar-refractivity contribution in [3.05, 3.63) is 24.3 Å². The number of anilines is 2. The van der Waals surface area contributed by atoms with Crippen LogP contribution < -0.4 is 14.9 Å². The molecule has 0 bridgehead atoms. The van der Waals surface area contributed by atoms with Crippen molar-refractivity contribution in [3.63, 3.8) is 0 Å². The molecule has 1 amide bonds. The summed E-state index contributed by atoms with van der Waals surface area (Å²) in [6, 6.07) is 7.91. The molecule has 2 aliphatic rings. The Balaban J connectivity index is 1.49. The van der Waals surface area contributed by atoms with Gasteiger partial charge in [-0.05, 0) is 77.1 Å². The number of amides is 1. The molecule has 3 atom stereocenters. The van der Waals surface area contributed by atoms with E-state index in [4.69, 9.17) is 4.74 Å². The fourth-order valence-corrected chi connectivity index (χ4v) is 5.80. The number of nitrogens with zero attached hydrogens (tertiary/aromatic N) is 1. The van der Waals surface area contributed by atoms with Crippen molar-refractivity contribution in [3.8, 4) is 0 Å². The topological polar surface area (TPSA) is 87.7 Å². The van der Waals surface area contributed by atoms with E-state index in [-0.39, 0.29) is 35.3 Å². The Morgan fingerprint density at radius 1 is 1.10 bits per heavy atom. The molecule has 0 spiro atoms. The van der Waals surface area contributed by atoms with Gasteiger partial charge in [-0.3, -0.25) is 4.79 Å². The van der Waals surface area contributed by atoms with Crippen LogP contribution in [0.5, 0.6) is 0 Å². The Morgan fingerprint density at radius 3 is 2.23 bits per heavy atom. The van der Waals surface area contributed by atoms with Gasteiger partial charge in [0.05, 0.1) is 17.5 Å². The molecule has 1 saturated heterocycles. The van der Waals surface area contributed by atoms with Crippen molar-refractivity contribution in [2.45, 2.75) is 83.3 Å². The summed E-state index contributed by atoms with van der Waals surface area (Å²) in [5.41, 5.74) is 1.93. The fraction of sp³-hybridized carbons (Fsp3) is 0.696. The monoisotopic (exact) mass is 451 g/mol. The average molecular weight is 452 g/mol. The second-order valence-corrected chi connectivity index (χ2v) is 11.3. The molecule has 1 aromatic carbocycles. The third-order valence-corrected chi connectivity index (χ3v) is 8.51. The largest absolute Gasteiger partial charge is 0.372 e. The van der Waals surface area contributed by atoms with Crippen LogP contribution in [0.1, 0.15) is 59.8 Å². The fourth-order valence-electron chi connectivity index (χ4n) is 4.43. The Labute approximate surface area is 187 Å². The molecule has 1 unspecified atom stereocenters. The lowest BCUT2D eigenvalue weighted by atomic mass is 9.86. The van der Waals surface area contributed by atoms with E-state index in [2.05, 4.69) is 28.8 Å². The maximum atomic E-state index is 12.7. The van der Waals surface area contributed by atoms with Crippen LogP contribution in [-0.2, 0) is 19.6 Å². The molecule has 1 aromatic rings. The molecule has 1 aliphatic carbocycles. The Kier molecular flexibility index (Phi) is 7.99. The first-order valence-electron chi connectivity index (χ1n) is 11.5. The lowest BCUT2D eigenvalue weighted by molar-refractivity contribution is -0.120. The molecule has 3 rings (SSSR count). The maximum absolute atomic E-state index is 12.7. The number of morpholine rings is 1. The molecule has 2 fully saturated rings. The van der Waals surface area contributed by atoms with Crippen LogP contribution in [0.2, 0.25) is 0 Å². The average Bonchev–Trinajstić information content (AvgIpc) is 2.73. The predicted molar refractivity (Wildman–Crippen MR) is 125 cm³/mol. The maximum Gasteiger partial charge on any atom is 0.227 e. The summed E-state index contributed by atoms with van der Waals surface area (Å²) >= 11 is 0. The van der Waals surface area contributed by atoms with E-state index in [1.165, 1.54) is 0 Å². The van der Waals surface area contributed by atoms with Gasteiger partial charge in [-0.15, -0.1) is 0 Å². The van der Waals surface area contributed by atoms with Gasteiger partial charge in [-0.2, -0.15) is 0 Å². The van der Waals surface area contributed by atoms with Gasteiger partial charge < -0.3 is 15.0 Å². The van der Waals surface area contributed by atoms with Gasteiger partial charge in [-0.25, -0.2) is 13.1 Å². The Morgan fingerprint density at radius 2 is 1.68 bits per heavy atom. The molecule has 1 saturated carbocycles. The molecule has 1 aliphatic heterocycles. The zero-order valence-electron chi connectivity index (χ0n) is 19.1. The molecule has 1 heterocycles. The van der Waals surface area contributed by atoms with Crippen LogP contribution in [0.4, 0.5) is 11.4 Å². The number of ether oxygens (including phenoxy) is 1. The zero-order chi connectivity index (χ0) is 22.6. The van der Waals surface area contributed by atoms with Gasteiger partial charge in [0.15, 0.2) is 0 Å². The number of hydrogen-bond donors (Lipinski definition) is 2. The van der Waals surface area contributed by atoms with E-state index in [0.717, 1.165) is 24.5 Å². The zero-order valence-corrected chi connectivity index (χ0v) is 20.0. The van der Waals surface area contributed by atoms with Crippen molar-refractivity contribution >= 4 is 27.3 Å². The van der Waals surface area contributed by atoms with E-state index >= 15 is 0 Å².